The number of carbonyl (C=O) groups is 1. The Morgan fingerprint density at radius 3 is 2.58 bits per heavy atom. The number of nitrogens with two attached hydrogens (primary N) is 1. The van der Waals surface area contributed by atoms with Gasteiger partial charge in [-0.25, -0.2) is 0 Å². The molecule has 0 aromatic rings. The van der Waals surface area contributed by atoms with Gasteiger partial charge in [-0.1, -0.05) is 22.4 Å². The monoisotopic (exact) mass is 231 g/mol. The molecule has 0 aliphatic heterocycles. The summed E-state index contributed by atoms with van der Waals surface area (Å²) in [6, 6.07) is 0. The lowest BCUT2D eigenvalue weighted by Gasteiger charge is -2.24. The number of fused-ring (bicyclic) bond motifs is 2. The molecule has 4 unspecified atom stereocenters. The van der Waals surface area contributed by atoms with Gasteiger partial charge in [0.25, 0.3) is 0 Å². The summed E-state index contributed by atoms with van der Waals surface area (Å²) >= 11 is 3.40. The molecule has 2 aliphatic carbocycles. The van der Waals surface area contributed by atoms with Crippen molar-refractivity contribution in [2.75, 3.05) is 0 Å². The summed E-state index contributed by atoms with van der Waals surface area (Å²) < 4.78 is 0. The summed E-state index contributed by atoms with van der Waals surface area (Å²) in [5.41, 5.74) is 5.26. The molecule has 0 heterocycles. The number of hydrogen-bond acceptors (Lipinski definition) is 1. The molecule has 0 aromatic heterocycles. The van der Waals surface area contributed by atoms with Gasteiger partial charge in [-0.3, -0.25) is 4.79 Å². The van der Waals surface area contributed by atoms with Crippen molar-refractivity contribution in [1.82, 2.24) is 0 Å². The lowest BCUT2D eigenvalue weighted by molar-refractivity contribution is -0.118. The first kappa shape index (κ1) is 8.54. The van der Waals surface area contributed by atoms with Gasteiger partial charge < -0.3 is 5.73 Å². The fraction of sp³-hybridized carbons (Fsp3) is 0.889. The van der Waals surface area contributed by atoms with Gasteiger partial charge in [0.2, 0.25) is 5.91 Å². The van der Waals surface area contributed by atoms with Gasteiger partial charge in [-0.05, 0) is 37.0 Å². The lowest BCUT2D eigenvalue weighted by atomic mass is 9.86. The maximum Gasteiger partial charge on any atom is 0.231 e. The maximum atomic E-state index is 10.9. The normalized spacial score (nSPS) is 41.6. The summed E-state index contributed by atoms with van der Waals surface area (Å²) in [6.45, 7) is 0. The van der Waals surface area contributed by atoms with E-state index >= 15 is 0 Å². The molecule has 0 radical (unpaired) electrons. The fourth-order valence-electron chi connectivity index (χ4n) is 2.86. The van der Waals surface area contributed by atoms with Crippen LogP contribution in [-0.2, 0) is 4.79 Å². The average Bonchev–Trinajstić information content (AvgIpc) is 2.62. The Morgan fingerprint density at radius 1 is 1.42 bits per heavy atom. The van der Waals surface area contributed by atoms with Crippen molar-refractivity contribution in [3.05, 3.63) is 0 Å². The molecule has 0 aromatic carbocycles. The molecule has 2 N–H and O–H groups in total. The van der Waals surface area contributed by atoms with Crippen LogP contribution in [0.4, 0.5) is 0 Å². The Bertz CT molecular complexity index is 207. The van der Waals surface area contributed by atoms with E-state index < -0.39 is 0 Å². The van der Waals surface area contributed by atoms with Gasteiger partial charge in [-0.2, -0.15) is 0 Å². The van der Waals surface area contributed by atoms with Crippen molar-refractivity contribution in [2.45, 2.75) is 30.5 Å². The van der Waals surface area contributed by atoms with Crippen LogP contribution in [0.5, 0.6) is 0 Å². The lowest BCUT2D eigenvalue weighted by Crippen LogP contribution is -2.33. The number of hydrogen-bond donors (Lipinski definition) is 1. The predicted molar refractivity (Wildman–Crippen MR) is 50.8 cm³/mol. The van der Waals surface area contributed by atoms with Crippen molar-refractivity contribution in [2.24, 2.45) is 23.5 Å². The van der Waals surface area contributed by atoms with E-state index in [4.69, 9.17) is 5.73 Å². The van der Waals surface area contributed by atoms with E-state index in [1.807, 2.05) is 0 Å². The van der Waals surface area contributed by atoms with Gasteiger partial charge in [0.05, 0.1) is 4.83 Å². The van der Waals surface area contributed by atoms with Crippen molar-refractivity contribution in [3.63, 3.8) is 0 Å². The molecule has 0 spiro atoms. The van der Waals surface area contributed by atoms with E-state index in [0.717, 1.165) is 11.8 Å². The molecule has 12 heavy (non-hydrogen) atoms. The smallest absolute Gasteiger partial charge is 0.231 e. The molecule has 68 valence electrons. The minimum Gasteiger partial charge on any atom is -0.369 e. The molecule has 2 rings (SSSR count). The minimum atomic E-state index is -0.187. The van der Waals surface area contributed by atoms with Crippen LogP contribution >= 0.6 is 15.9 Å². The number of primary amides is 1. The van der Waals surface area contributed by atoms with E-state index in [0.29, 0.717) is 5.92 Å². The Labute approximate surface area is 81.0 Å². The molecule has 3 heteroatoms. The standard InChI is InChI=1S/C9H14BrNO/c10-8(9(11)12)7-4-5-1-2-6(7)3-5/h5-8H,1-4H2,(H2,11,12). The average molecular weight is 232 g/mol. The van der Waals surface area contributed by atoms with Crippen LogP contribution in [0.2, 0.25) is 0 Å². The highest BCUT2D eigenvalue weighted by Crippen LogP contribution is 2.50. The first-order valence-electron chi connectivity index (χ1n) is 4.62. The highest BCUT2D eigenvalue weighted by Gasteiger charge is 2.43. The molecule has 2 saturated carbocycles. The molecule has 0 saturated heterocycles. The van der Waals surface area contributed by atoms with Gasteiger partial charge in [0.15, 0.2) is 0 Å². The molecule has 2 nitrogen and oxygen atoms in total. The van der Waals surface area contributed by atoms with Crippen LogP contribution in [0.15, 0.2) is 0 Å². The fourth-order valence-corrected chi connectivity index (χ4v) is 3.51. The summed E-state index contributed by atoms with van der Waals surface area (Å²) in [5.74, 6) is 2.00. The van der Waals surface area contributed by atoms with Crippen LogP contribution < -0.4 is 5.73 Å². The van der Waals surface area contributed by atoms with Gasteiger partial charge >= 0.3 is 0 Å². The molecule has 4 atom stereocenters. The number of rotatable bonds is 2. The summed E-state index contributed by atoms with van der Waals surface area (Å²) in [4.78, 5) is 10.9. The van der Waals surface area contributed by atoms with Crippen molar-refractivity contribution in [3.8, 4) is 0 Å². The van der Waals surface area contributed by atoms with Crippen LogP contribution in [-0.4, -0.2) is 10.7 Å². The topological polar surface area (TPSA) is 43.1 Å². The molecule has 2 aliphatic rings. The van der Waals surface area contributed by atoms with Gasteiger partial charge in [0.1, 0.15) is 0 Å². The van der Waals surface area contributed by atoms with Crippen LogP contribution in [0.25, 0.3) is 0 Å². The van der Waals surface area contributed by atoms with E-state index in [9.17, 15) is 4.79 Å². The quantitative estimate of drug-likeness (QED) is 0.723. The summed E-state index contributed by atoms with van der Waals surface area (Å²) in [5, 5.41) is 0. The largest absolute Gasteiger partial charge is 0.369 e. The minimum absolute atomic E-state index is 0.0761. The highest BCUT2D eigenvalue weighted by atomic mass is 79.9. The second-order valence-electron chi connectivity index (χ2n) is 4.14. The third-order valence-electron chi connectivity index (χ3n) is 3.44. The second-order valence-corrected chi connectivity index (χ2v) is 5.13. The van der Waals surface area contributed by atoms with Crippen LogP contribution in [0.1, 0.15) is 25.7 Å². The SMILES string of the molecule is NC(=O)C(Br)C1CC2CCC1C2. The van der Waals surface area contributed by atoms with E-state index in [2.05, 4.69) is 15.9 Å². The van der Waals surface area contributed by atoms with Crippen molar-refractivity contribution >= 4 is 21.8 Å². The van der Waals surface area contributed by atoms with Crippen molar-refractivity contribution in [1.29, 1.82) is 0 Å². The number of carbonyl (C=O) groups excluding carboxylic acids is 1. The Kier molecular flexibility index (Phi) is 2.15. The van der Waals surface area contributed by atoms with E-state index in [1.165, 1.54) is 25.7 Å². The molecule has 1 amide bonds. The second kappa shape index (κ2) is 3.02. The third-order valence-corrected chi connectivity index (χ3v) is 4.57. The Hall–Kier alpha value is -0.0500. The summed E-state index contributed by atoms with van der Waals surface area (Å²) in [6.07, 6.45) is 5.23. The number of halogens is 1. The zero-order valence-corrected chi connectivity index (χ0v) is 8.59. The first-order valence-corrected chi connectivity index (χ1v) is 5.53. The molecular weight excluding hydrogens is 218 g/mol. The van der Waals surface area contributed by atoms with Gasteiger partial charge in [-0.15, -0.1) is 0 Å². The number of alkyl halides is 1. The first-order chi connectivity index (χ1) is 5.68. The summed E-state index contributed by atoms with van der Waals surface area (Å²) in [7, 11) is 0. The number of amides is 1. The van der Waals surface area contributed by atoms with E-state index in [1.54, 1.807) is 0 Å². The predicted octanol–water partition coefficient (Wildman–Crippen LogP) is 1.67. The Balaban J connectivity index is 2.02. The van der Waals surface area contributed by atoms with Crippen LogP contribution in [0, 0.1) is 17.8 Å². The maximum absolute atomic E-state index is 10.9. The molecule has 2 bridgehead atoms. The van der Waals surface area contributed by atoms with Gasteiger partial charge in [0, 0.05) is 0 Å². The zero-order chi connectivity index (χ0) is 8.72. The zero-order valence-electron chi connectivity index (χ0n) is 7.00. The molecular formula is C9H14BrNO. The van der Waals surface area contributed by atoms with Crippen molar-refractivity contribution < 1.29 is 4.79 Å². The third kappa shape index (κ3) is 1.28. The molecule has 2 fully saturated rings. The van der Waals surface area contributed by atoms with Crippen LogP contribution in [0.3, 0.4) is 0 Å². The Morgan fingerprint density at radius 2 is 2.17 bits per heavy atom. The highest BCUT2D eigenvalue weighted by molar-refractivity contribution is 9.10. The van der Waals surface area contributed by atoms with E-state index in [-0.39, 0.29) is 10.7 Å².